The van der Waals surface area contributed by atoms with Crippen LogP contribution >= 0.6 is 0 Å². The Bertz CT molecular complexity index is 993. The largest absolute Gasteiger partial charge is 0.298 e. The van der Waals surface area contributed by atoms with Gasteiger partial charge in [-0.2, -0.15) is 0 Å². The summed E-state index contributed by atoms with van der Waals surface area (Å²) < 4.78 is 0. The molecule has 2 atom stereocenters. The van der Waals surface area contributed by atoms with Crippen LogP contribution in [-0.2, 0) is 6.54 Å². The van der Waals surface area contributed by atoms with Crippen molar-refractivity contribution in [3.63, 3.8) is 0 Å². The van der Waals surface area contributed by atoms with Crippen molar-refractivity contribution in [2.24, 2.45) is 0 Å². The normalized spacial score (nSPS) is 30.2. The molecule has 1 aliphatic carbocycles. The minimum Gasteiger partial charge on any atom is -0.298 e. The molecule has 3 heterocycles. The fraction of sp³-hybridized carbons (Fsp3) is 0.438. The lowest BCUT2D eigenvalue weighted by molar-refractivity contribution is 0.0157. The Balaban J connectivity index is 1.46. The SMILES string of the molecule is c1ccc(CN2CCC3(N4CCCCC4)C[C@@H](c4ccccc4)C2[C@H](c2ccccc2)C3)cc1. The molecule has 0 unspecified atom stereocenters. The third-order valence-corrected chi connectivity index (χ3v) is 9.02. The highest BCUT2D eigenvalue weighted by Gasteiger charge is 2.53. The number of piperidine rings is 1. The zero-order valence-electron chi connectivity index (χ0n) is 20.4. The Labute approximate surface area is 205 Å². The molecule has 0 radical (unpaired) electrons. The van der Waals surface area contributed by atoms with Crippen LogP contribution in [0.4, 0.5) is 0 Å². The van der Waals surface area contributed by atoms with Gasteiger partial charge in [-0.15, -0.1) is 0 Å². The second-order valence-electron chi connectivity index (χ2n) is 10.9. The fourth-order valence-corrected chi connectivity index (χ4v) is 7.46. The van der Waals surface area contributed by atoms with E-state index in [2.05, 4.69) is 101 Å². The summed E-state index contributed by atoms with van der Waals surface area (Å²) in [5.74, 6) is 1.13. The summed E-state index contributed by atoms with van der Waals surface area (Å²) in [6.07, 6.45) is 8.03. The van der Waals surface area contributed by atoms with Crippen LogP contribution in [0.25, 0.3) is 0 Å². The van der Waals surface area contributed by atoms with Gasteiger partial charge in [0.15, 0.2) is 0 Å². The first-order valence-electron chi connectivity index (χ1n) is 13.5. The average Bonchev–Trinajstić information content (AvgIpc) is 3.18. The van der Waals surface area contributed by atoms with Crippen molar-refractivity contribution in [3.05, 3.63) is 108 Å². The molecule has 0 spiro atoms. The highest BCUT2D eigenvalue weighted by molar-refractivity contribution is 5.33. The summed E-state index contributed by atoms with van der Waals surface area (Å²) in [6, 6.07) is 34.7. The number of benzene rings is 3. The minimum atomic E-state index is 0.309. The van der Waals surface area contributed by atoms with Crippen LogP contribution in [0.2, 0.25) is 0 Å². The Hall–Kier alpha value is -2.42. The zero-order valence-corrected chi connectivity index (χ0v) is 20.4. The van der Waals surface area contributed by atoms with E-state index in [4.69, 9.17) is 0 Å². The predicted molar refractivity (Wildman–Crippen MR) is 141 cm³/mol. The first-order chi connectivity index (χ1) is 16.8. The quantitative estimate of drug-likeness (QED) is 0.419. The third-order valence-electron chi connectivity index (χ3n) is 9.02. The van der Waals surface area contributed by atoms with Gasteiger partial charge in [0.1, 0.15) is 0 Å². The molecule has 2 heteroatoms. The van der Waals surface area contributed by atoms with Gasteiger partial charge in [-0.25, -0.2) is 0 Å². The second kappa shape index (κ2) is 9.68. The number of nitrogens with zero attached hydrogens (tertiary/aromatic N) is 2. The number of rotatable bonds is 5. The maximum atomic E-state index is 2.94. The lowest BCUT2D eigenvalue weighted by atomic mass is 9.63. The molecule has 3 aromatic carbocycles. The molecular formula is C32H38N2. The van der Waals surface area contributed by atoms with Crippen molar-refractivity contribution in [1.82, 2.24) is 9.80 Å². The van der Waals surface area contributed by atoms with E-state index in [0.717, 1.165) is 6.54 Å². The molecule has 1 saturated carbocycles. The summed E-state index contributed by atoms with van der Waals surface area (Å²) >= 11 is 0. The van der Waals surface area contributed by atoms with Crippen LogP contribution in [-0.4, -0.2) is 41.0 Å². The van der Waals surface area contributed by atoms with Crippen molar-refractivity contribution >= 4 is 0 Å². The highest BCUT2D eigenvalue weighted by Crippen LogP contribution is 2.54. The van der Waals surface area contributed by atoms with Crippen LogP contribution in [0.15, 0.2) is 91.0 Å². The third kappa shape index (κ3) is 4.23. The molecule has 0 N–H and O–H groups in total. The van der Waals surface area contributed by atoms with Gasteiger partial charge < -0.3 is 0 Å². The van der Waals surface area contributed by atoms with Gasteiger partial charge in [0.05, 0.1) is 0 Å². The molecule has 4 fully saturated rings. The molecule has 0 amide bonds. The van der Waals surface area contributed by atoms with Gasteiger partial charge in [-0.1, -0.05) is 97.4 Å². The fourth-order valence-electron chi connectivity index (χ4n) is 7.46. The Kier molecular flexibility index (Phi) is 6.28. The van der Waals surface area contributed by atoms with Gasteiger partial charge in [-0.05, 0) is 61.9 Å². The van der Waals surface area contributed by atoms with Crippen LogP contribution in [0.1, 0.15) is 67.1 Å². The molecule has 2 bridgehead atoms. The molecule has 3 saturated heterocycles. The van der Waals surface area contributed by atoms with E-state index in [1.54, 1.807) is 0 Å². The zero-order chi connectivity index (χ0) is 22.8. The minimum absolute atomic E-state index is 0.309. The van der Waals surface area contributed by atoms with Crippen LogP contribution in [0, 0.1) is 0 Å². The van der Waals surface area contributed by atoms with E-state index in [1.807, 2.05) is 0 Å². The van der Waals surface area contributed by atoms with Crippen molar-refractivity contribution in [1.29, 1.82) is 0 Å². The first kappa shape index (κ1) is 22.1. The van der Waals surface area contributed by atoms with Gasteiger partial charge >= 0.3 is 0 Å². The number of likely N-dealkylation sites (tertiary alicyclic amines) is 1. The highest BCUT2D eigenvalue weighted by atomic mass is 15.3. The predicted octanol–water partition coefficient (Wildman–Crippen LogP) is 6.85. The standard InChI is InChI=1S/C32H38N2/c1-5-13-26(14-6-1)25-33-22-19-32(34-20-11-4-12-21-34)23-29(27-15-7-2-8-16-27)31(33)30(24-32)28-17-9-3-10-18-28/h1-3,5-10,13-18,29-31H,4,11-12,19-25H2/t29-,30-,31?,32?/m0/s1. The van der Waals surface area contributed by atoms with Gasteiger partial charge in [-0.3, -0.25) is 9.80 Å². The molecule has 3 aliphatic heterocycles. The van der Waals surface area contributed by atoms with E-state index >= 15 is 0 Å². The summed E-state index contributed by atoms with van der Waals surface area (Å²) in [5.41, 5.74) is 4.83. The molecule has 176 valence electrons. The molecule has 3 aromatic rings. The summed E-state index contributed by atoms with van der Waals surface area (Å²) in [4.78, 5) is 5.80. The maximum absolute atomic E-state index is 2.94. The monoisotopic (exact) mass is 450 g/mol. The van der Waals surface area contributed by atoms with Crippen molar-refractivity contribution < 1.29 is 0 Å². The van der Waals surface area contributed by atoms with E-state index in [1.165, 1.54) is 74.8 Å². The molecule has 0 aromatic heterocycles. The van der Waals surface area contributed by atoms with E-state index in [0.29, 0.717) is 23.4 Å². The van der Waals surface area contributed by atoms with Crippen molar-refractivity contribution in [2.45, 2.75) is 68.5 Å². The Morgan fingerprint density at radius 1 is 0.618 bits per heavy atom. The molecule has 4 aliphatic rings. The Morgan fingerprint density at radius 2 is 1.15 bits per heavy atom. The van der Waals surface area contributed by atoms with Crippen LogP contribution in [0.3, 0.4) is 0 Å². The number of fused-ring (bicyclic) bond motifs is 4. The molecular weight excluding hydrogens is 412 g/mol. The summed E-state index contributed by atoms with van der Waals surface area (Å²) in [6.45, 7) is 4.82. The van der Waals surface area contributed by atoms with Crippen molar-refractivity contribution in [3.8, 4) is 0 Å². The average molecular weight is 451 g/mol. The van der Waals surface area contributed by atoms with Crippen LogP contribution in [0.5, 0.6) is 0 Å². The topological polar surface area (TPSA) is 6.48 Å². The van der Waals surface area contributed by atoms with Crippen LogP contribution < -0.4 is 0 Å². The van der Waals surface area contributed by atoms with Crippen molar-refractivity contribution in [2.75, 3.05) is 19.6 Å². The first-order valence-corrected chi connectivity index (χ1v) is 13.5. The van der Waals surface area contributed by atoms with Gasteiger partial charge in [0.2, 0.25) is 0 Å². The summed E-state index contributed by atoms with van der Waals surface area (Å²) in [7, 11) is 0. The number of hydrogen-bond acceptors (Lipinski definition) is 2. The molecule has 2 nitrogen and oxygen atoms in total. The molecule has 7 rings (SSSR count). The number of hydrogen-bond donors (Lipinski definition) is 0. The summed E-state index contributed by atoms with van der Waals surface area (Å²) in [5, 5.41) is 0. The lowest BCUT2D eigenvalue weighted by Crippen LogP contribution is -2.56. The van der Waals surface area contributed by atoms with E-state index < -0.39 is 0 Å². The van der Waals surface area contributed by atoms with E-state index in [-0.39, 0.29) is 0 Å². The maximum Gasteiger partial charge on any atom is 0.0238 e. The lowest BCUT2D eigenvalue weighted by Gasteiger charge is -2.53. The second-order valence-corrected chi connectivity index (χ2v) is 10.9. The van der Waals surface area contributed by atoms with Gasteiger partial charge in [0.25, 0.3) is 0 Å². The van der Waals surface area contributed by atoms with Gasteiger partial charge in [0, 0.05) is 36.5 Å². The Morgan fingerprint density at radius 3 is 1.71 bits per heavy atom. The molecule has 34 heavy (non-hydrogen) atoms. The smallest absolute Gasteiger partial charge is 0.0238 e. The van der Waals surface area contributed by atoms with E-state index in [9.17, 15) is 0 Å².